The van der Waals surface area contributed by atoms with Crippen molar-refractivity contribution in [3.63, 3.8) is 0 Å². The third kappa shape index (κ3) is 3.07. The third-order valence-corrected chi connectivity index (χ3v) is 4.46. The fourth-order valence-electron chi connectivity index (χ4n) is 2.46. The molecule has 0 spiro atoms. The summed E-state index contributed by atoms with van der Waals surface area (Å²) in [6.45, 7) is 0. The maximum atomic E-state index is 12.2. The first kappa shape index (κ1) is 13.0. The van der Waals surface area contributed by atoms with E-state index in [1.807, 2.05) is 24.3 Å². The Kier molecular flexibility index (Phi) is 4.56. The molecule has 0 saturated heterocycles. The summed E-state index contributed by atoms with van der Waals surface area (Å²) < 4.78 is 0.960. The van der Waals surface area contributed by atoms with Gasteiger partial charge in [-0.1, -0.05) is 37.5 Å². The van der Waals surface area contributed by atoms with Crippen LogP contribution in [0.25, 0.3) is 0 Å². The molecule has 0 amide bonds. The standard InChI is InChI=1S/C14H17IO2/c15-12-9-5-4-8-11(12)14(17)13(16)10-6-2-1-3-7-10/h4-5,8-10,14,17H,1-3,6-7H2. The van der Waals surface area contributed by atoms with Crippen molar-refractivity contribution in [1.29, 1.82) is 0 Å². The number of hydrogen-bond acceptors (Lipinski definition) is 2. The number of halogens is 1. The van der Waals surface area contributed by atoms with Crippen LogP contribution in [-0.2, 0) is 4.79 Å². The minimum absolute atomic E-state index is 0.00816. The summed E-state index contributed by atoms with van der Waals surface area (Å²) in [5.74, 6) is 0.0728. The molecule has 0 aliphatic heterocycles. The first-order chi connectivity index (χ1) is 8.20. The molecule has 1 N–H and O–H groups in total. The number of carbonyl (C=O) groups is 1. The maximum Gasteiger partial charge on any atom is 0.168 e. The highest BCUT2D eigenvalue weighted by Crippen LogP contribution is 2.30. The van der Waals surface area contributed by atoms with Crippen LogP contribution in [0.15, 0.2) is 24.3 Å². The number of rotatable bonds is 3. The van der Waals surface area contributed by atoms with Gasteiger partial charge in [-0.2, -0.15) is 0 Å². The third-order valence-electron chi connectivity index (χ3n) is 3.48. The molecule has 2 rings (SSSR count). The van der Waals surface area contributed by atoms with Gasteiger partial charge < -0.3 is 5.11 Å². The SMILES string of the molecule is O=C(C1CCCCC1)C(O)c1ccccc1I. The van der Waals surface area contributed by atoms with Crippen molar-refractivity contribution in [3.05, 3.63) is 33.4 Å². The number of carbonyl (C=O) groups excluding carboxylic acids is 1. The normalized spacial score (nSPS) is 18.9. The molecular weight excluding hydrogens is 327 g/mol. The minimum atomic E-state index is -0.939. The molecule has 0 heterocycles. The average Bonchev–Trinajstić information content (AvgIpc) is 2.39. The first-order valence-corrected chi connectivity index (χ1v) is 7.24. The molecule has 1 saturated carbocycles. The van der Waals surface area contributed by atoms with Gasteiger partial charge >= 0.3 is 0 Å². The largest absolute Gasteiger partial charge is 0.381 e. The van der Waals surface area contributed by atoms with E-state index < -0.39 is 6.10 Å². The molecule has 1 aromatic carbocycles. The van der Waals surface area contributed by atoms with Crippen LogP contribution in [0, 0.1) is 9.49 Å². The molecule has 0 aromatic heterocycles. The van der Waals surface area contributed by atoms with Gasteiger partial charge in [-0.15, -0.1) is 0 Å². The van der Waals surface area contributed by atoms with Crippen LogP contribution in [0.3, 0.4) is 0 Å². The fraction of sp³-hybridized carbons (Fsp3) is 0.500. The zero-order valence-electron chi connectivity index (χ0n) is 9.73. The van der Waals surface area contributed by atoms with Gasteiger partial charge in [-0.25, -0.2) is 0 Å². The van der Waals surface area contributed by atoms with E-state index in [4.69, 9.17) is 0 Å². The Hall–Kier alpha value is -0.420. The summed E-state index contributed by atoms with van der Waals surface area (Å²) in [6, 6.07) is 7.55. The number of Topliss-reactive ketones (excluding diaryl/α,β-unsaturated/α-hetero) is 1. The molecule has 2 nitrogen and oxygen atoms in total. The van der Waals surface area contributed by atoms with Crippen molar-refractivity contribution in [3.8, 4) is 0 Å². The summed E-state index contributed by atoms with van der Waals surface area (Å²) in [6.07, 6.45) is 4.41. The van der Waals surface area contributed by atoms with Crippen molar-refractivity contribution in [2.45, 2.75) is 38.2 Å². The van der Waals surface area contributed by atoms with Crippen LogP contribution in [0.1, 0.15) is 43.8 Å². The van der Waals surface area contributed by atoms with Crippen molar-refractivity contribution in [1.82, 2.24) is 0 Å². The van der Waals surface area contributed by atoms with Crippen LogP contribution < -0.4 is 0 Å². The predicted molar refractivity (Wildman–Crippen MR) is 75.7 cm³/mol. The Morgan fingerprint density at radius 3 is 2.53 bits per heavy atom. The second-order valence-corrected chi connectivity index (χ2v) is 5.82. The van der Waals surface area contributed by atoms with Crippen LogP contribution >= 0.6 is 22.6 Å². The Bertz CT molecular complexity index is 397. The van der Waals surface area contributed by atoms with E-state index in [9.17, 15) is 9.90 Å². The lowest BCUT2D eigenvalue weighted by molar-refractivity contribution is -0.132. The Morgan fingerprint density at radius 1 is 1.24 bits per heavy atom. The zero-order chi connectivity index (χ0) is 12.3. The number of hydrogen-bond donors (Lipinski definition) is 1. The lowest BCUT2D eigenvalue weighted by atomic mass is 9.83. The molecule has 1 unspecified atom stereocenters. The highest BCUT2D eigenvalue weighted by molar-refractivity contribution is 14.1. The van der Waals surface area contributed by atoms with Gasteiger partial charge in [0.05, 0.1) is 0 Å². The predicted octanol–water partition coefficient (Wildman–Crippen LogP) is 3.47. The van der Waals surface area contributed by atoms with E-state index in [0.717, 1.165) is 34.8 Å². The first-order valence-electron chi connectivity index (χ1n) is 6.16. The topological polar surface area (TPSA) is 37.3 Å². The highest BCUT2D eigenvalue weighted by atomic mass is 127. The molecule has 92 valence electrons. The van der Waals surface area contributed by atoms with Crippen LogP contribution in [0.5, 0.6) is 0 Å². The summed E-state index contributed by atoms with van der Waals surface area (Å²) in [4.78, 5) is 12.2. The van der Waals surface area contributed by atoms with E-state index in [0.29, 0.717) is 0 Å². The smallest absolute Gasteiger partial charge is 0.168 e. The Balaban J connectivity index is 2.11. The molecule has 0 bridgehead atoms. The van der Waals surface area contributed by atoms with Crippen molar-refractivity contribution in [2.75, 3.05) is 0 Å². The summed E-state index contributed by atoms with van der Waals surface area (Å²) in [5, 5.41) is 10.2. The number of aliphatic hydroxyl groups excluding tert-OH is 1. The van der Waals surface area contributed by atoms with Crippen molar-refractivity contribution < 1.29 is 9.90 Å². The minimum Gasteiger partial charge on any atom is -0.381 e. The van der Waals surface area contributed by atoms with Gasteiger partial charge in [0.15, 0.2) is 5.78 Å². The molecule has 3 heteroatoms. The molecule has 17 heavy (non-hydrogen) atoms. The Labute approximate surface area is 116 Å². The summed E-state index contributed by atoms with van der Waals surface area (Å²) in [5.41, 5.74) is 0.753. The van der Waals surface area contributed by atoms with Crippen LogP contribution in [0.2, 0.25) is 0 Å². The van der Waals surface area contributed by atoms with Gasteiger partial charge in [0, 0.05) is 15.1 Å². The van der Waals surface area contributed by atoms with E-state index in [-0.39, 0.29) is 11.7 Å². The van der Waals surface area contributed by atoms with E-state index in [2.05, 4.69) is 22.6 Å². The molecule has 1 aliphatic carbocycles. The highest BCUT2D eigenvalue weighted by Gasteiger charge is 2.28. The monoisotopic (exact) mass is 344 g/mol. The van der Waals surface area contributed by atoms with E-state index >= 15 is 0 Å². The molecular formula is C14H17IO2. The molecule has 0 radical (unpaired) electrons. The maximum absolute atomic E-state index is 12.2. The van der Waals surface area contributed by atoms with Gasteiger partial charge in [0.1, 0.15) is 6.10 Å². The lowest BCUT2D eigenvalue weighted by Gasteiger charge is -2.23. The van der Waals surface area contributed by atoms with Crippen molar-refractivity contribution in [2.24, 2.45) is 5.92 Å². The van der Waals surface area contributed by atoms with Crippen LogP contribution in [0.4, 0.5) is 0 Å². The summed E-state index contributed by atoms with van der Waals surface area (Å²) >= 11 is 2.17. The van der Waals surface area contributed by atoms with Gasteiger partial charge in [0.25, 0.3) is 0 Å². The van der Waals surface area contributed by atoms with Crippen molar-refractivity contribution >= 4 is 28.4 Å². The second kappa shape index (κ2) is 5.96. The average molecular weight is 344 g/mol. The molecule has 1 aromatic rings. The number of benzene rings is 1. The molecule has 1 fully saturated rings. The van der Waals surface area contributed by atoms with Crippen LogP contribution in [-0.4, -0.2) is 10.9 Å². The summed E-state index contributed by atoms with van der Waals surface area (Å²) in [7, 11) is 0. The van der Waals surface area contributed by atoms with E-state index in [1.165, 1.54) is 6.42 Å². The number of ketones is 1. The fourth-order valence-corrected chi connectivity index (χ4v) is 3.14. The van der Waals surface area contributed by atoms with Gasteiger partial charge in [0.2, 0.25) is 0 Å². The molecule has 1 atom stereocenters. The molecule has 1 aliphatic rings. The Morgan fingerprint density at radius 2 is 1.88 bits per heavy atom. The second-order valence-electron chi connectivity index (χ2n) is 4.66. The van der Waals surface area contributed by atoms with Gasteiger partial charge in [-0.3, -0.25) is 4.79 Å². The quantitative estimate of drug-likeness (QED) is 0.853. The van der Waals surface area contributed by atoms with E-state index in [1.54, 1.807) is 0 Å². The van der Waals surface area contributed by atoms with Gasteiger partial charge in [-0.05, 0) is 41.5 Å². The zero-order valence-corrected chi connectivity index (χ0v) is 11.9. The number of aliphatic hydroxyl groups is 1. The lowest BCUT2D eigenvalue weighted by Crippen LogP contribution is -2.24.